The van der Waals surface area contributed by atoms with Crippen LogP contribution in [-0.2, 0) is 13.1 Å². The van der Waals surface area contributed by atoms with Crippen molar-refractivity contribution in [3.05, 3.63) is 53.6 Å². The Balaban J connectivity index is 2.04. The number of carbonyl (C=O) groups excluding carboxylic acids is 1. The van der Waals surface area contributed by atoms with Crippen LogP contribution in [0.25, 0.3) is 0 Å². The Kier molecular flexibility index (Phi) is 3.94. The van der Waals surface area contributed by atoms with E-state index in [1.54, 1.807) is 11.9 Å². The average Bonchev–Trinajstić information content (AvgIpc) is 2.86. The second-order valence-corrected chi connectivity index (χ2v) is 4.33. The Morgan fingerprint density at radius 1 is 1.32 bits per heavy atom. The van der Waals surface area contributed by atoms with Gasteiger partial charge < -0.3 is 4.90 Å². The van der Waals surface area contributed by atoms with Gasteiger partial charge in [-0.1, -0.05) is 0 Å². The van der Waals surface area contributed by atoms with Crippen LogP contribution in [0.4, 0.5) is 4.39 Å². The van der Waals surface area contributed by atoms with Gasteiger partial charge in [0.15, 0.2) is 0 Å². The minimum absolute atomic E-state index is 0.147. The van der Waals surface area contributed by atoms with Gasteiger partial charge in [-0.3, -0.25) is 9.48 Å². The van der Waals surface area contributed by atoms with E-state index in [0.29, 0.717) is 12.1 Å². The summed E-state index contributed by atoms with van der Waals surface area (Å²) in [6, 6.07) is 7.43. The van der Waals surface area contributed by atoms with Crippen LogP contribution in [-0.4, -0.2) is 27.6 Å². The summed E-state index contributed by atoms with van der Waals surface area (Å²) in [6.45, 7) is 3.24. The number of hydrogen-bond acceptors (Lipinski definition) is 2. The lowest BCUT2D eigenvalue weighted by atomic mass is 10.2. The number of nitrogens with zero attached hydrogens (tertiary/aromatic N) is 3. The SMILES string of the molecule is CCn1ccc(CN(C)C(=O)c2ccc(F)cc2)n1. The molecule has 0 unspecified atom stereocenters. The number of benzene rings is 1. The Bertz CT molecular complexity index is 562. The van der Waals surface area contributed by atoms with Crippen LogP contribution >= 0.6 is 0 Å². The van der Waals surface area contributed by atoms with E-state index in [1.807, 2.05) is 23.9 Å². The first kappa shape index (κ1) is 13.3. The summed E-state index contributed by atoms with van der Waals surface area (Å²) >= 11 is 0. The highest BCUT2D eigenvalue weighted by atomic mass is 19.1. The number of halogens is 1. The smallest absolute Gasteiger partial charge is 0.253 e. The molecule has 0 aliphatic rings. The van der Waals surface area contributed by atoms with Crippen molar-refractivity contribution in [1.82, 2.24) is 14.7 Å². The molecule has 0 aliphatic carbocycles. The molecule has 2 aromatic rings. The van der Waals surface area contributed by atoms with Gasteiger partial charge in [0.2, 0.25) is 0 Å². The van der Waals surface area contributed by atoms with Gasteiger partial charge in [-0.2, -0.15) is 5.10 Å². The van der Waals surface area contributed by atoms with Gasteiger partial charge in [-0.15, -0.1) is 0 Å². The number of amides is 1. The largest absolute Gasteiger partial charge is 0.336 e. The number of hydrogen-bond donors (Lipinski definition) is 0. The van der Waals surface area contributed by atoms with Crippen LogP contribution in [0.1, 0.15) is 23.0 Å². The molecule has 1 heterocycles. The predicted octanol–water partition coefficient (Wildman–Crippen LogP) is 2.31. The minimum atomic E-state index is -0.346. The zero-order valence-electron chi connectivity index (χ0n) is 11.0. The standard InChI is InChI=1S/C14H16FN3O/c1-3-18-9-8-13(16-18)10-17(2)14(19)11-4-6-12(15)7-5-11/h4-9H,3,10H2,1-2H3. The second kappa shape index (κ2) is 5.65. The lowest BCUT2D eigenvalue weighted by molar-refractivity contribution is 0.0783. The van der Waals surface area contributed by atoms with Gasteiger partial charge in [-0.05, 0) is 37.3 Å². The summed E-state index contributed by atoms with van der Waals surface area (Å²) in [5.41, 5.74) is 1.30. The van der Waals surface area contributed by atoms with E-state index in [0.717, 1.165) is 12.2 Å². The molecule has 1 aromatic carbocycles. The Hall–Kier alpha value is -2.17. The molecule has 0 fully saturated rings. The fourth-order valence-electron chi connectivity index (χ4n) is 1.79. The summed E-state index contributed by atoms with van der Waals surface area (Å²) in [4.78, 5) is 13.7. The molecule has 0 saturated carbocycles. The van der Waals surface area contributed by atoms with Crippen LogP contribution in [0, 0.1) is 5.82 Å². The monoisotopic (exact) mass is 261 g/mol. The first-order chi connectivity index (χ1) is 9.10. The van der Waals surface area contributed by atoms with Crippen molar-refractivity contribution in [3.63, 3.8) is 0 Å². The highest BCUT2D eigenvalue weighted by Crippen LogP contribution is 2.08. The van der Waals surface area contributed by atoms with Gasteiger partial charge in [0, 0.05) is 25.4 Å². The van der Waals surface area contributed by atoms with Gasteiger partial charge in [0.05, 0.1) is 12.2 Å². The molecule has 1 amide bonds. The van der Waals surface area contributed by atoms with Crippen molar-refractivity contribution in [3.8, 4) is 0 Å². The van der Waals surface area contributed by atoms with Crippen molar-refractivity contribution >= 4 is 5.91 Å². The van der Waals surface area contributed by atoms with E-state index in [9.17, 15) is 9.18 Å². The summed E-state index contributed by atoms with van der Waals surface area (Å²) in [6.07, 6.45) is 1.88. The van der Waals surface area contributed by atoms with Gasteiger partial charge >= 0.3 is 0 Å². The van der Waals surface area contributed by atoms with Gasteiger partial charge in [-0.25, -0.2) is 4.39 Å². The van der Waals surface area contributed by atoms with Gasteiger partial charge in [0.1, 0.15) is 5.82 Å². The average molecular weight is 261 g/mol. The third-order valence-corrected chi connectivity index (χ3v) is 2.86. The van der Waals surface area contributed by atoms with Crippen molar-refractivity contribution in [1.29, 1.82) is 0 Å². The molecule has 0 saturated heterocycles. The fourth-order valence-corrected chi connectivity index (χ4v) is 1.79. The van der Waals surface area contributed by atoms with Crippen LogP contribution in [0.2, 0.25) is 0 Å². The first-order valence-corrected chi connectivity index (χ1v) is 6.13. The fraction of sp³-hybridized carbons (Fsp3) is 0.286. The molecule has 4 nitrogen and oxygen atoms in total. The Morgan fingerprint density at radius 2 is 2.00 bits per heavy atom. The molecule has 0 N–H and O–H groups in total. The molecule has 0 bridgehead atoms. The first-order valence-electron chi connectivity index (χ1n) is 6.13. The molecule has 0 aliphatic heterocycles. The molecule has 0 radical (unpaired) electrons. The lowest BCUT2D eigenvalue weighted by Crippen LogP contribution is -2.26. The zero-order chi connectivity index (χ0) is 13.8. The molecule has 1 aromatic heterocycles. The van der Waals surface area contributed by atoms with Crippen LogP contribution in [0.15, 0.2) is 36.5 Å². The molecular weight excluding hydrogens is 245 g/mol. The maximum Gasteiger partial charge on any atom is 0.253 e. The van der Waals surface area contributed by atoms with Crippen molar-refractivity contribution in [2.24, 2.45) is 0 Å². The second-order valence-electron chi connectivity index (χ2n) is 4.33. The van der Waals surface area contributed by atoms with E-state index in [4.69, 9.17) is 0 Å². The van der Waals surface area contributed by atoms with E-state index >= 15 is 0 Å². The Labute approximate surface area is 111 Å². The van der Waals surface area contributed by atoms with Crippen LogP contribution in [0.3, 0.4) is 0 Å². The molecule has 0 spiro atoms. The molecular formula is C14H16FN3O. The van der Waals surface area contributed by atoms with Gasteiger partial charge in [0.25, 0.3) is 5.91 Å². The van der Waals surface area contributed by atoms with E-state index < -0.39 is 0 Å². The van der Waals surface area contributed by atoms with E-state index in [2.05, 4.69) is 5.10 Å². The zero-order valence-corrected chi connectivity index (χ0v) is 11.0. The maximum absolute atomic E-state index is 12.8. The highest BCUT2D eigenvalue weighted by Gasteiger charge is 2.13. The normalized spacial score (nSPS) is 10.5. The van der Waals surface area contributed by atoms with Crippen molar-refractivity contribution in [2.75, 3.05) is 7.05 Å². The third kappa shape index (κ3) is 3.19. The van der Waals surface area contributed by atoms with E-state index in [-0.39, 0.29) is 11.7 Å². The Morgan fingerprint density at radius 3 is 2.58 bits per heavy atom. The number of carbonyl (C=O) groups is 1. The molecule has 19 heavy (non-hydrogen) atoms. The summed E-state index contributed by atoms with van der Waals surface area (Å²) in [7, 11) is 1.71. The molecule has 0 atom stereocenters. The quantitative estimate of drug-likeness (QED) is 0.847. The van der Waals surface area contributed by atoms with Crippen molar-refractivity contribution < 1.29 is 9.18 Å². The maximum atomic E-state index is 12.8. The molecule has 2 rings (SSSR count). The number of aryl methyl sites for hydroxylation is 1. The minimum Gasteiger partial charge on any atom is -0.336 e. The topological polar surface area (TPSA) is 38.1 Å². The summed E-state index contributed by atoms with van der Waals surface area (Å²) < 4.78 is 14.6. The van der Waals surface area contributed by atoms with Crippen molar-refractivity contribution in [2.45, 2.75) is 20.0 Å². The number of rotatable bonds is 4. The van der Waals surface area contributed by atoms with E-state index in [1.165, 1.54) is 24.3 Å². The molecule has 5 heteroatoms. The molecule has 100 valence electrons. The van der Waals surface area contributed by atoms with Crippen LogP contribution < -0.4 is 0 Å². The lowest BCUT2D eigenvalue weighted by Gasteiger charge is -2.15. The number of aromatic nitrogens is 2. The predicted molar refractivity (Wildman–Crippen MR) is 70.1 cm³/mol. The summed E-state index contributed by atoms with van der Waals surface area (Å²) in [5.74, 6) is -0.494. The summed E-state index contributed by atoms with van der Waals surface area (Å²) in [5, 5.41) is 4.32. The third-order valence-electron chi connectivity index (χ3n) is 2.86. The highest BCUT2D eigenvalue weighted by molar-refractivity contribution is 5.93. The van der Waals surface area contributed by atoms with Crippen LogP contribution in [0.5, 0.6) is 0 Å².